The third-order valence-corrected chi connectivity index (χ3v) is 3.38. The van der Waals surface area contributed by atoms with Crippen molar-refractivity contribution in [3.05, 3.63) is 64.6 Å². The van der Waals surface area contributed by atoms with E-state index in [4.69, 9.17) is 0 Å². The zero-order valence-corrected chi connectivity index (χ0v) is 13.9. The number of amides is 2. The molecule has 2 rings (SSSR count). The minimum Gasteiger partial charge on any atom is -0.326 e. The number of rotatable bonds is 6. The Kier molecular flexibility index (Phi) is 6.50. The summed E-state index contributed by atoms with van der Waals surface area (Å²) in [7, 11) is 0. The fourth-order valence-corrected chi connectivity index (χ4v) is 2.21. The molecule has 0 aliphatic carbocycles. The summed E-state index contributed by atoms with van der Waals surface area (Å²) in [6, 6.07) is 16.6. The highest BCUT2D eigenvalue weighted by Crippen LogP contribution is 2.10. The fraction of sp³-hybridized carbons (Fsp3) is 0.118. The molecule has 0 radical (unpaired) electrons. The van der Waals surface area contributed by atoms with E-state index in [1.165, 1.54) is 0 Å². The standard InChI is InChI=1S/C17H16BrN3O2/c18-14-6-4-5-13(11-14)12-19-21-17(23)10-9-16(22)20-15-7-2-1-3-8-15/h1-8,11-12H,9-10H2,(H,20,22)(H,21,23)/b19-12+. The predicted molar refractivity (Wildman–Crippen MR) is 94.2 cm³/mol. The molecule has 0 fully saturated rings. The van der Waals surface area contributed by atoms with E-state index < -0.39 is 0 Å². The van der Waals surface area contributed by atoms with Crippen LogP contribution >= 0.6 is 15.9 Å². The van der Waals surface area contributed by atoms with E-state index in [0.29, 0.717) is 5.69 Å². The van der Waals surface area contributed by atoms with Crippen molar-refractivity contribution in [2.45, 2.75) is 12.8 Å². The molecular formula is C17H16BrN3O2. The lowest BCUT2D eigenvalue weighted by molar-refractivity contribution is -0.124. The Labute approximate surface area is 142 Å². The van der Waals surface area contributed by atoms with Gasteiger partial charge in [-0.15, -0.1) is 0 Å². The highest BCUT2D eigenvalue weighted by Gasteiger charge is 2.06. The first-order valence-corrected chi connectivity index (χ1v) is 7.85. The Morgan fingerprint density at radius 1 is 1.00 bits per heavy atom. The van der Waals surface area contributed by atoms with Crippen molar-refractivity contribution in [3.8, 4) is 0 Å². The lowest BCUT2D eigenvalue weighted by Crippen LogP contribution is -2.20. The van der Waals surface area contributed by atoms with Gasteiger partial charge in [0, 0.05) is 23.0 Å². The highest BCUT2D eigenvalue weighted by molar-refractivity contribution is 9.10. The zero-order valence-electron chi connectivity index (χ0n) is 12.3. The molecule has 0 unspecified atom stereocenters. The van der Waals surface area contributed by atoms with Crippen LogP contribution in [-0.2, 0) is 9.59 Å². The summed E-state index contributed by atoms with van der Waals surface area (Å²) < 4.78 is 0.936. The summed E-state index contributed by atoms with van der Waals surface area (Å²) in [6.45, 7) is 0. The molecule has 0 aliphatic heterocycles. The molecule has 0 heterocycles. The van der Waals surface area contributed by atoms with E-state index in [1.807, 2.05) is 42.5 Å². The third-order valence-electron chi connectivity index (χ3n) is 2.89. The molecule has 0 saturated heterocycles. The maximum atomic E-state index is 11.7. The van der Waals surface area contributed by atoms with E-state index in [-0.39, 0.29) is 24.7 Å². The van der Waals surface area contributed by atoms with Crippen LogP contribution in [0.2, 0.25) is 0 Å². The minimum atomic E-state index is -0.306. The SMILES string of the molecule is O=C(CCC(=O)Nc1ccccc1)N/N=C/c1cccc(Br)c1. The van der Waals surface area contributed by atoms with Crippen molar-refractivity contribution in [3.63, 3.8) is 0 Å². The smallest absolute Gasteiger partial charge is 0.240 e. The van der Waals surface area contributed by atoms with Gasteiger partial charge in [-0.1, -0.05) is 46.3 Å². The van der Waals surface area contributed by atoms with Gasteiger partial charge in [0.15, 0.2) is 0 Å². The number of hydrazone groups is 1. The van der Waals surface area contributed by atoms with Crippen LogP contribution in [0.5, 0.6) is 0 Å². The summed E-state index contributed by atoms with van der Waals surface area (Å²) in [5.41, 5.74) is 3.98. The van der Waals surface area contributed by atoms with Crippen LogP contribution in [0.25, 0.3) is 0 Å². The monoisotopic (exact) mass is 373 g/mol. The molecule has 2 aromatic rings. The number of carbonyl (C=O) groups excluding carboxylic acids is 2. The number of hydrogen-bond acceptors (Lipinski definition) is 3. The minimum absolute atomic E-state index is 0.0779. The second-order valence-electron chi connectivity index (χ2n) is 4.76. The first-order chi connectivity index (χ1) is 11.1. The predicted octanol–water partition coefficient (Wildman–Crippen LogP) is 3.32. The van der Waals surface area contributed by atoms with Crippen molar-refractivity contribution >= 4 is 39.6 Å². The molecule has 118 valence electrons. The average Bonchev–Trinajstić information content (AvgIpc) is 2.54. The van der Waals surface area contributed by atoms with Crippen LogP contribution in [0.15, 0.2) is 64.2 Å². The molecule has 0 bridgehead atoms. The van der Waals surface area contributed by atoms with Crippen molar-refractivity contribution < 1.29 is 9.59 Å². The van der Waals surface area contributed by atoms with Gasteiger partial charge in [-0.05, 0) is 29.8 Å². The average molecular weight is 374 g/mol. The van der Waals surface area contributed by atoms with E-state index in [9.17, 15) is 9.59 Å². The molecule has 6 heteroatoms. The molecule has 23 heavy (non-hydrogen) atoms. The van der Waals surface area contributed by atoms with Gasteiger partial charge in [0.05, 0.1) is 6.21 Å². The molecule has 0 aromatic heterocycles. The lowest BCUT2D eigenvalue weighted by atomic mass is 10.2. The zero-order chi connectivity index (χ0) is 16.5. The van der Waals surface area contributed by atoms with Crippen LogP contribution in [0.3, 0.4) is 0 Å². The van der Waals surface area contributed by atoms with Gasteiger partial charge < -0.3 is 5.32 Å². The summed E-state index contributed by atoms with van der Waals surface area (Å²) in [6.07, 6.45) is 1.73. The lowest BCUT2D eigenvalue weighted by Gasteiger charge is -2.04. The van der Waals surface area contributed by atoms with Crippen molar-refractivity contribution in [2.75, 3.05) is 5.32 Å². The molecule has 2 aromatic carbocycles. The van der Waals surface area contributed by atoms with Gasteiger partial charge in [0.25, 0.3) is 0 Å². The first kappa shape index (κ1) is 16.9. The van der Waals surface area contributed by atoms with Gasteiger partial charge in [-0.3, -0.25) is 9.59 Å². The van der Waals surface area contributed by atoms with E-state index in [0.717, 1.165) is 10.0 Å². The second-order valence-corrected chi connectivity index (χ2v) is 5.68. The van der Waals surface area contributed by atoms with E-state index in [1.54, 1.807) is 18.3 Å². The molecular weight excluding hydrogens is 358 g/mol. The van der Waals surface area contributed by atoms with Gasteiger partial charge >= 0.3 is 0 Å². The maximum absolute atomic E-state index is 11.7. The molecule has 0 atom stereocenters. The number of carbonyl (C=O) groups is 2. The van der Waals surface area contributed by atoms with Gasteiger partial charge in [-0.2, -0.15) is 5.10 Å². The number of nitrogens with one attached hydrogen (secondary N) is 2. The summed E-state index contributed by atoms with van der Waals surface area (Å²) >= 11 is 3.36. The second kappa shape index (κ2) is 8.85. The Morgan fingerprint density at radius 2 is 1.74 bits per heavy atom. The van der Waals surface area contributed by atoms with Crippen LogP contribution in [-0.4, -0.2) is 18.0 Å². The maximum Gasteiger partial charge on any atom is 0.240 e. The molecule has 0 saturated carbocycles. The largest absolute Gasteiger partial charge is 0.326 e. The highest BCUT2D eigenvalue weighted by atomic mass is 79.9. The van der Waals surface area contributed by atoms with Crippen molar-refractivity contribution in [1.29, 1.82) is 0 Å². The molecule has 2 N–H and O–H groups in total. The van der Waals surface area contributed by atoms with Gasteiger partial charge in [-0.25, -0.2) is 5.43 Å². The Balaban J connectivity index is 1.71. The molecule has 5 nitrogen and oxygen atoms in total. The van der Waals surface area contributed by atoms with E-state index >= 15 is 0 Å². The van der Waals surface area contributed by atoms with Gasteiger partial charge in [0.2, 0.25) is 11.8 Å². The van der Waals surface area contributed by atoms with Crippen LogP contribution < -0.4 is 10.7 Å². The number of halogens is 1. The van der Waals surface area contributed by atoms with Crippen LogP contribution in [0.4, 0.5) is 5.69 Å². The Hall–Kier alpha value is -2.47. The Morgan fingerprint density at radius 3 is 2.48 bits per heavy atom. The number of anilines is 1. The van der Waals surface area contributed by atoms with Crippen LogP contribution in [0, 0.1) is 0 Å². The summed E-state index contributed by atoms with van der Waals surface area (Å²) in [5, 5.41) is 6.59. The molecule has 0 spiro atoms. The number of nitrogens with zero attached hydrogens (tertiary/aromatic N) is 1. The quantitative estimate of drug-likeness (QED) is 0.602. The summed E-state index contributed by atoms with van der Waals surface area (Å²) in [4.78, 5) is 23.4. The number of benzene rings is 2. The number of para-hydroxylation sites is 1. The third kappa shape index (κ3) is 6.44. The van der Waals surface area contributed by atoms with Gasteiger partial charge in [0.1, 0.15) is 0 Å². The van der Waals surface area contributed by atoms with Crippen LogP contribution in [0.1, 0.15) is 18.4 Å². The fourth-order valence-electron chi connectivity index (χ4n) is 1.79. The summed E-state index contributed by atoms with van der Waals surface area (Å²) in [5.74, 6) is -0.512. The molecule has 2 amide bonds. The molecule has 0 aliphatic rings. The number of hydrogen-bond donors (Lipinski definition) is 2. The van der Waals surface area contributed by atoms with Crippen molar-refractivity contribution in [1.82, 2.24) is 5.43 Å². The van der Waals surface area contributed by atoms with Crippen molar-refractivity contribution in [2.24, 2.45) is 5.10 Å². The normalized spacial score (nSPS) is 10.5. The first-order valence-electron chi connectivity index (χ1n) is 7.06. The van der Waals surface area contributed by atoms with E-state index in [2.05, 4.69) is 31.8 Å². The Bertz CT molecular complexity index is 702. The topological polar surface area (TPSA) is 70.6 Å².